The van der Waals surface area contributed by atoms with Gasteiger partial charge in [0.15, 0.2) is 5.82 Å². The number of thiophene rings is 1. The summed E-state index contributed by atoms with van der Waals surface area (Å²) < 4.78 is 25.4. The quantitative estimate of drug-likeness (QED) is 0.782. The molecule has 0 bridgehead atoms. The molecule has 0 aliphatic heterocycles. The van der Waals surface area contributed by atoms with E-state index in [1.54, 1.807) is 11.3 Å². The predicted octanol–water partition coefficient (Wildman–Crippen LogP) is 0.0275. The lowest BCUT2D eigenvalue weighted by Gasteiger charge is -2.02. The third-order valence-electron chi connectivity index (χ3n) is 2.17. The third kappa shape index (κ3) is 4.63. The molecular weight excluding hydrogens is 302 g/mol. The highest BCUT2D eigenvalue weighted by Gasteiger charge is 2.09. The van der Waals surface area contributed by atoms with Crippen molar-refractivity contribution < 1.29 is 13.2 Å². The molecular formula is C10H13N5O3S2. The fraction of sp³-hybridized carbons (Fsp3) is 0.300. The molecule has 2 aromatic rings. The highest BCUT2D eigenvalue weighted by molar-refractivity contribution is 7.92. The SMILES string of the molecule is CS(=O)(=O)Nc1cn(CC(=O)NCc2cccs2)nn1. The smallest absolute Gasteiger partial charge is 0.242 e. The third-order valence-corrected chi connectivity index (χ3v) is 3.63. The first kappa shape index (κ1) is 14.5. The van der Waals surface area contributed by atoms with Crippen molar-refractivity contribution in [1.29, 1.82) is 0 Å². The number of carbonyl (C=O) groups excluding carboxylic acids is 1. The first-order valence-corrected chi connectivity index (χ1v) is 8.36. The van der Waals surface area contributed by atoms with Crippen LogP contribution in [0.5, 0.6) is 0 Å². The average molecular weight is 315 g/mol. The summed E-state index contributed by atoms with van der Waals surface area (Å²) in [6.45, 7) is 0.434. The zero-order valence-corrected chi connectivity index (χ0v) is 12.2. The molecule has 108 valence electrons. The molecule has 0 aliphatic rings. The van der Waals surface area contributed by atoms with Gasteiger partial charge in [-0.25, -0.2) is 13.1 Å². The van der Waals surface area contributed by atoms with Gasteiger partial charge in [-0.3, -0.25) is 9.52 Å². The van der Waals surface area contributed by atoms with Gasteiger partial charge in [0, 0.05) is 4.88 Å². The molecule has 1 amide bonds. The zero-order chi connectivity index (χ0) is 14.6. The van der Waals surface area contributed by atoms with Crippen LogP contribution in [0.4, 0.5) is 5.82 Å². The lowest BCUT2D eigenvalue weighted by atomic mass is 10.4. The zero-order valence-electron chi connectivity index (χ0n) is 10.6. The van der Waals surface area contributed by atoms with Crippen LogP contribution in [0.2, 0.25) is 0 Å². The summed E-state index contributed by atoms with van der Waals surface area (Å²) in [6, 6.07) is 3.83. The molecule has 0 atom stereocenters. The van der Waals surface area contributed by atoms with Crippen LogP contribution in [-0.2, 0) is 27.9 Å². The summed E-state index contributed by atoms with van der Waals surface area (Å²) in [6.07, 6.45) is 2.37. The van der Waals surface area contributed by atoms with Gasteiger partial charge >= 0.3 is 0 Å². The van der Waals surface area contributed by atoms with Crippen LogP contribution in [0.25, 0.3) is 0 Å². The van der Waals surface area contributed by atoms with Gasteiger partial charge in [-0.2, -0.15) is 0 Å². The van der Waals surface area contributed by atoms with Gasteiger partial charge in [-0.05, 0) is 11.4 Å². The van der Waals surface area contributed by atoms with E-state index in [2.05, 4.69) is 20.4 Å². The first-order valence-electron chi connectivity index (χ1n) is 5.59. The van der Waals surface area contributed by atoms with Crippen LogP contribution in [0.3, 0.4) is 0 Å². The van der Waals surface area contributed by atoms with Crippen molar-refractivity contribution in [2.24, 2.45) is 0 Å². The number of carbonyl (C=O) groups is 1. The van der Waals surface area contributed by atoms with E-state index in [0.717, 1.165) is 11.1 Å². The highest BCUT2D eigenvalue weighted by Crippen LogP contribution is 2.07. The molecule has 2 aromatic heterocycles. The molecule has 20 heavy (non-hydrogen) atoms. The molecule has 2 N–H and O–H groups in total. The molecule has 0 unspecified atom stereocenters. The second kappa shape index (κ2) is 6.01. The number of nitrogens with one attached hydrogen (secondary N) is 2. The molecule has 0 spiro atoms. The number of hydrogen-bond donors (Lipinski definition) is 2. The monoisotopic (exact) mass is 315 g/mol. The Morgan fingerprint density at radius 1 is 1.50 bits per heavy atom. The number of anilines is 1. The molecule has 0 saturated carbocycles. The maximum Gasteiger partial charge on any atom is 0.242 e. The molecule has 8 nitrogen and oxygen atoms in total. The Labute approximate surface area is 119 Å². The Hall–Kier alpha value is -1.94. The van der Waals surface area contributed by atoms with Gasteiger partial charge in [0.05, 0.1) is 19.0 Å². The van der Waals surface area contributed by atoms with Gasteiger partial charge in [0.25, 0.3) is 0 Å². The fourth-order valence-electron chi connectivity index (χ4n) is 1.41. The lowest BCUT2D eigenvalue weighted by molar-refractivity contribution is -0.122. The van der Waals surface area contributed by atoms with Gasteiger partial charge in [0.2, 0.25) is 15.9 Å². The molecule has 0 radical (unpaired) electrons. The molecule has 2 rings (SSSR count). The van der Waals surface area contributed by atoms with Crippen molar-refractivity contribution in [3.63, 3.8) is 0 Å². The van der Waals surface area contributed by atoms with Gasteiger partial charge < -0.3 is 5.32 Å². The molecule has 0 saturated heterocycles. The minimum Gasteiger partial charge on any atom is -0.350 e. The van der Waals surface area contributed by atoms with Gasteiger partial charge in [-0.1, -0.05) is 11.3 Å². The number of sulfonamides is 1. The predicted molar refractivity (Wildman–Crippen MR) is 74.7 cm³/mol. The van der Waals surface area contributed by atoms with E-state index in [4.69, 9.17) is 0 Å². The fourth-order valence-corrected chi connectivity index (χ4v) is 2.53. The van der Waals surface area contributed by atoms with Crippen LogP contribution in [-0.4, -0.2) is 35.6 Å². The summed E-state index contributed by atoms with van der Waals surface area (Å²) in [5, 5.41) is 11.9. The summed E-state index contributed by atoms with van der Waals surface area (Å²) in [5.74, 6) is -0.146. The molecule has 0 aromatic carbocycles. The molecule has 0 fully saturated rings. The van der Waals surface area contributed by atoms with E-state index in [1.807, 2.05) is 17.5 Å². The number of hydrogen-bond acceptors (Lipinski definition) is 6. The topological polar surface area (TPSA) is 106 Å². The summed E-state index contributed by atoms with van der Waals surface area (Å²) in [7, 11) is -3.40. The van der Waals surface area contributed by atoms with Gasteiger partial charge in [-0.15, -0.1) is 16.4 Å². The maximum absolute atomic E-state index is 11.7. The number of nitrogens with zero attached hydrogens (tertiary/aromatic N) is 3. The van der Waals surface area contributed by atoms with E-state index in [0.29, 0.717) is 6.54 Å². The van der Waals surface area contributed by atoms with E-state index in [9.17, 15) is 13.2 Å². The summed E-state index contributed by atoms with van der Waals surface area (Å²) >= 11 is 1.56. The molecule has 10 heteroatoms. The second-order valence-corrected chi connectivity index (χ2v) is 6.81. The van der Waals surface area contributed by atoms with Crippen LogP contribution in [0.1, 0.15) is 4.88 Å². The summed E-state index contributed by atoms with van der Waals surface area (Å²) in [5.41, 5.74) is 0. The Bertz CT molecular complexity index is 678. The average Bonchev–Trinajstić information content (AvgIpc) is 2.96. The summed E-state index contributed by atoms with van der Waals surface area (Å²) in [4.78, 5) is 12.7. The number of rotatable bonds is 6. The van der Waals surface area contributed by atoms with Crippen LogP contribution in [0.15, 0.2) is 23.7 Å². The lowest BCUT2D eigenvalue weighted by Crippen LogP contribution is -2.27. The van der Waals surface area contributed by atoms with Crippen molar-refractivity contribution in [1.82, 2.24) is 20.3 Å². The number of amides is 1. The Balaban J connectivity index is 1.85. The Kier molecular flexibility index (Phi) is 4.35. The maximum atomic E-state index is 11.7. The van der Waals surface area contributed by atoms with Crippen LogP contribution < -0.4 is 10.0 Å². The second-order valence-electron chi connectivity index (χ2n) is 4.03. The normalized spacial score (nSPS) is 11.2. The van der Waals surface area contributed by atoms with Crippen molar-refractivity contribution >= 4 is 33.1 Å². The minimum absolute atomic E-state index is 0.0240. The van der Waals surface area contributed by atoms with Crippen LogP contribution in [0, 0.1) is 0 Å². The molecule has 2 heterocycles. The van der Waals surface area contributed by atoms with E-state index in [-0.39, 0.29) is 18.3 Å². The highest BCUT2D eigenvalue weighted by atomic mass is 32.2. The van der Waals surface area contributed by atoms with Crippen LogP contribution >= 0.6 is 11.3 Å². The Morgan fingerprint density at radius 2 is 2.30 bits per heavy atom. The van der Waals surface area contributed by atoms with Crippen molar-refractivity contribution in [2.75, 3.05) is 11.0 Å². The van der Waals surface area contributed by atoms with Gasteiger partial charge in [0.1, 0.15) is 6.54 Å². The van der Waals surface area contributed by atoms with Crippen molar-refractivity contribution in [2.45, 2.75) is 13.1 Å². The van der Waals surface area contributed by atoms with E-state index < -0.39 is 10.0 Å². The van der Waals surface area contributed by atoms with E-state index >= 15 is 0 Å². The largest absolute Gasteiger partial charge is 0.350 e. The Morgan fingerprint density at radius 3 is 2.95 bits per heavy atom. The molecule has 0 aliphatic carbocycles. The van der Waals surface area contributed by atoms with Crippen molar-refractivity contribution in [3.05, 3.63) is 28.6 Å². The first-order chi connectivity index (χ1) is 9.42. The minimum atomic E-state index is -3.40. The number of aromatic nitrogens is 3. The van der Waals surface area contributed by atoms with E-state index in [1.165, 1.54) is 10.9 Å². The van der Waals surface area contributed by atoms with Crippen molar-refractivity contribution in [3.8, 4) is 0 Å². The standard InChI is InChI=1S/C10H13N5O3S2/c1-20(17,18)13-9-6-15(14-12-9)7-10(16)11-5-8-3-2-4-19-8/h2-4,6,13H,5,7H2,1H3,(H,11,16).